The van der Waals surface area contributed by atoms with Gasteiger partial charge in [0.25, 0.3) is 0 Å². The summed E-state index contributed by atoms with van der Waals surface area (Å²) in [6.45, 7) is 0.954. The second kappa shape index (κ2) is 7.37. The number of hydrogen-bond donors (Lipinski definition) is 1. The Morgan fingerprint density at radius 3 is 2.71 bits per heavy atom. The van der Waals surface area contributed by atoms with E-state index in [1.807, 2.05) is 31.3 Å². The maximum Gasteiger partial charge on any atom is 0.176 e. The second-order valence-corrected chi connectivity index (χ2v) is 3.67. The van der Waals surface area contributed by atoms with Crippen LogP contribution in [0.3, 0.4) is 0 Å². The lowest BCUT2D eigenvalue weighted by atomic mass is 10.1. The fourth-order valence-corrected chi connectivity index (χ4v) is 1.40. The summed E-state index contributed by atoms with van der Waals surface area (Å²) in [5.74, 6) is -0.127. The van der Waals surface area contributed by atoms with Crippen molar-refractivity contribution in [1.82, 2.24) is 5.32 Å². The minimum atomic E-state index is -0.127. The summed E-state index contributed by atoms with van der Waals surface area (Å²) in [4.78, 5) is 11.4. The molecular formula is C14H16N2O. The third-order valence-electron chi connectivity index (χ3n) is 2.34. The molecule has 0 amide bonds. The van der Waals surface area contributed by atoms with Gasteiger partial charge in [-0.25, -0.2) is 0 Å². The van der Waals surface area contributed by atoms with E-state index >= 15 is 0 Å². The highest BCUT2D eigenvalue weighted by Gasteiger charge is 2.03. The molecule has 0 fully saturated rings. The zero-order valence-corrected chi connectivity index (χ0v) is 9.94. The summed E-state index contributed by atoms with van der Waals surface area (Å²) >= 11 is 0. The number of hydrogen-bond acceptors (Lipinski definition) is 3. The van der Waals surface area contributed by atoms with Gasteiger partial charge in [0.1, 0.15) is 0 Å². The molecule has 17 heavy (non-hydrogen) atoms. The molecule has 1 aromatic carbocycles. The van der Waals surface area contributed by atoms with E-state index in [0.29, 0.717) is 5.56 Å². The molecule has 0 radical (unpaired) electrons. The molecule has 3 heteroatoms. The lowest BCUT2D eigenvalue weighted by Gasteiger charge is -1.98. The van der Waals surface area contributed by atoms with E-state index in [4.69, 9.17) is 5.26 Å². The number of rotatable bonds is 6. The Balaban J connectivity index is 2.59. The van der Waals surface area contributed by atoms with E-state index in [1.54, 1.807) is 12.1 Å². The zero-order chi connectivity index (χ0) is 12.5. The van der Waals surface area contributed by atoms with Gasteiger partial charge >= 0.3 is 0 Å². The van der Waals surface area contributed by atoms with Crippen molar-refractivity contribution in [1.29, 1.82) is 5.26 Å². The zero-order valence-electron chi connectivity index (χ0n) is 9.94. The Hall–Kier alpha value is -1.92. The van der Waals surface area contributed by atoms with Gasteiger partial charge in [-0.3, -0.25) is 4.79 Å². The molecule has 0 aliphatic carbocycles. The smallest absolute Gasteiger partial charge is 0.176 e. The quantitative estimate of drug-likeness (QED) is 0.601. The van der Waals surface area contributed by atoms with Crippen molar-refractivity contribution in [2.75, 3.05) is 13.6 Å². The Kier molecular flexibility index (Phi) is 5.70. The van der Waals surface area contributed by atoms with Crippen molar-refractivity contribution in [2.45, 2.75) is 12.8 Å². The fourth-order valence-electron chi connectivity index (χ4n) is 1.40. The summed E-state index contributed by atoms with van der Waals surface area (Å²) in [5.41, 5.74) is 1.66. The van der Waals surface area contributed by atoms with E-state index in [1.165, 1.54) is 0 Å². The molecule has 0 aromatic heterocycles. The molecule has 88 valence electrons. The number of nitrogens with zero attached hydrogens (tertiary/aromatic N) is 1. The van der Waals surface area contributed by atoms with E-state index < -0.39 is 0 Å². The van der Waals surface area contributed by atoms with Gasteiger partial charge in [-0.05, 0) is 25.6 Å². The first-order valence-electron chi connectivity index (χ1n) is 5.59. The molecule has 0 saturated carbocycles. The van der Waals surface area contributed by atoms with Gasteiger partial charge in [0.2, 0.25) is 0 Å². The molecule has 0 heterocycles. The molecule has 0 bridgehead atoms. The Bertz CT molecular complexity index is 427. The maximum absolute atomic E-state index is 11.4. The molecule has 1 N–H and O–H groups in total. The summed E-state index contributed by atoms with van der Waals surface area (Å²) in [6, 6.07) is 9.16. The van der Waals surface area contributed by atoms with Gasteiger partial charge in [0, 0.05) is 5.56 Å². The van der Waals surface area contributed by atoms with Gasteiger partial charge in [-0.15, -0.1) is 0 Å². The van der Waals surface area contributed by atoms with Crippen LogP contribution in [0.1, 0.15) is 28.8 Å². The Morgan fingerprint density at radius 2 is 2.12 bits per heavy atom. The summed E-state index contributed by atoms with van der Waals surface area (Å²) in [5, 5.41) is 11.5. The van der Waals surface area contributed by atoms with Crippen LogP contribution in [0.2, 0.25) is 0 Å². The second-order valence-electron chi connectivity index (χ2n) is 3.67. The number of Topliss-reactive ketones (excluding diaryl/α,β-unsaturated/α-hetero) is 1. The Labute approximate surface area is 102 Å². The monoisotopic (exact) mass is 228 g/mol. The van der Waals surface area contributed by atoms with Crippen LogP contribution >= 0.6 is 0 Å². The van der Waals surface area contributed by atoms with E-state index in [2.05, 4.69) is 11.4 Å². The molecule has 0 aliphatic rings. The number of carbonyl (C=O) groups is 1. The molecule has 0 spiro atoms. The van der Waals surface area contributed by atoms with Crippen molar-refractivity contribution >= 4 is 11.9 Å². The van der Waals surface area contributed by atoms with Crippen molar-refractivity contribution in [3.63, 3.8) is 0 Å². The number of benzene rings is 1. The van der Waals surface area contributed by atoms with Crippen LogP contribution < -0.4 is 5.32 Å². The van der Waals surface area contributed by atoms with Crippen LogP contribution in [0.15, 0.2) is 30.3 Å². The lowest BCUT2D eigenvalue weighted by Crippen LogP contribution is -2.05. The topological polar surface area (TPSA) is 52.9 Å². The van der Waals surface area contributed by atoms with Crippen LogP contribution in [0.4, 0.5) is 0 Å². The highest BCUT2D eigenvalue weighted by molar-refractivity contribution is 5.97. The van der Waals surface area contributed by atoms with Gasteiger partial charge in [-0.2, -0.15) is 5.26 Å². The minimum Gasteiger partial charge on any atom is -0.319 e. The van der Waals surface area contributed by atoms with Gasteiger partial charge in [0.05, 0.1) is 12.5 Å². The van der Waals surface area contributed by atoms with E-state index in [9.17, 15) is 4.79 Å². The van der Waals surface area contributed by atoms with Crippen LogP contribution in [0.5, 0.6) is 0 Å². The number of carbonyl (C=O) groups excluding carboxylic acids is 1. The molecule has 3 nitrogen and oxygen atoms in total. The average molecular weight is 228 g/mol. The van der Waals surface area contributed by atoms with Crippen molar-refractivity contribution in [3.8, 4) is 6.07 Å². The van der Waals surface area contributed by atoms with Crippen LogP contribution in [-0.2, 0) is 0 Å². The largest absolute Gasteiger partial charge is 0.319 e. The van der Waals surface area contributed by atoms with Gasteiger partial charge < -0.3 is 5.32 Å². The summed E-state index contributed by atoms with van der Waals surface area (Å²) in [7, 11) is 1.92. The van der Waals surface area contributed by atoms with E-state index in [-0.39, 0.29) is 12.2 Å². The van der Waals surface area contributed by atoms with E-state index in [0.717, 1.165) is 18.5 Å². The maximum atomic E-state index is 11.4. The Morgan fingerprint density at radius 1 is 1.41 bits per heavy atom. The van der Waals surface area contributed by atoms with Gasteiger partial charge in [0.15, 0.2) is 5.78 Å². The lowest BCUT2D eigenvalue weighted by molar-refractivity contribution is 0.0997. The first-order valence-corrected chi connectivity index (χ1v) is 5.59. The SMILES string of the molecule is CNCCC=Cc1ccc(C(=O)CC#N)cc1. The molecule has 0 aliphatic heterocycles. The standard InChI is InChI=1S/C14H16N2O/c1-16-11-3-2-4-12-5-7-13(8-6-12)14(17)9-10-15/h2,4-8,16H,3,9,11H2,1H3. The third kappa shape index (κ3) is 4.62. The van der Waals surface area contributed by atoms with Crippen molar-refractivity contribution in [2.24, 2.45) is 0 Å². The molecule has 0 atom stereocenters. The third-order valence-corrected chi connectivity index (χ3v) is 2.34. The first kappa shape index (κ1) is 13.1. The predicted molar refractivity (Wildman–Crippen MR) is 68.6 cm³/mol. The molecule has 1 rings (SSSR count). The molecule has 0 saturated heterocycles. The first-order chi connectivity index (χ1) is 8.27. The summed E-state index contributed by atoms with van der Waals surface area (Å²) < 4.78 is 0. The average Bonchev–Trinajstić information content (AvgIpc) is 2.36. The van der Waals surface area contributed by atoms with Crippen molar-refractivity contribution in [3.05, 3.63) is 41.5 Å². The predicted octanol–water partition coefficient (Wildman–Crippen LogP) is 2.41. The highest BCUT2D eigenvalue weighted by Crippen LogP contribution is 2.08. The van der Waals surface area contributed by atoms with Gasteiger partial charge in [-0.1, -0.05) is 36.4 Å². The number of nitriles is 1. The number of ketones is 1. The normalized spacial score (nSPS) is 10.4. The van der Waals surface area contributed by atoms with Crippen LogP contribution in [0, 0.1) is 11.3 Å². The molecule has 1 aromatic rings. The van der Waals surface area contributed by atoms with Crippen LogP contribution in [0.25, 0.3) is 6.08 Å². The summed E-state index contributed by atoms with van der Waals surface area (Å²) in [6.07, 6.45) is 5.03. The minimum absolute atomic E-state index is 0.0582. The number of nitrogens with one attached hydrogen (secondary N) is 1. The van der Waals surface area contributed by atoms with Crippen LogP contribution in [-0.4, -0.2) is 19.4 Å². The van der Waals surface area contributed by atoms with Crippen molar-refractivity contribution < 1.29 is 4.79 Å². The highest BCUT2D eigenvalue weighted by atomic mass is 16.1. The molecule has 0 unspecified atom stereocenters. The molecular weight excluding hydrogens is 212 g/mol. The fraction of sp³-hybridized carbons (Fsp3) is 0.286.